The minimum Gasteiger partial charge on any atom is -0.350 e. The van der Waals surface area contributed by atoms with Gasteiger partial charge in [-0.1, -0.05) is 6.07 Å². The fraction of sp³-hybridized carbons (Fsp3) is 0.389. The molecule has 0 aliphatic carbocycles. The van der Waals surface area contributed by atoms with Crippen LogP contribution in [-0.2, 0) is 11.8 Å². The van der Waals surface area contributed by atoms with Crippen LogP contribution in [0.25, 0.3) is 0 Å². The van der Waals surface area contributed by atoms with Crippen molar-refractivity contribution in [1.82, 2.24) is 4.57 Å². The predicted molar refractivity (Wildman–Crippen MR) is 87.9 cm³/mol. The standard InChI is InChI=1S/C18H22FN3O/c1-13-7-8-14(11-15(13)19)20-18(23)12-22-10-4-6-17(22)16-5-3-9-21(16)2/h3,5,7-9,11,17H,4,6,10,12H2,1-2H3,(H,20,23)/p+1/t17-/m1/s1. The van der Waals surface area contributed by atoms with Gasteiger partial charge in [-0.2, -0.15) is 0 Å². The van der Waals surface area contributed by atoms with Crippen molar-refractivity contribution in [2.45, 2.75) is 25.8 Å². The summed E-state index contributed by atoms with van der Waals surface area (Å²) in [5.74, 6) is -0.359. The first-order valence-electron chi connectivity index (χ1n) is 8.06. The number of rotatable bonds is 4. The summed E-state index contributed by atoms with van der Waals surface area (Å²) < 4.78 is 15.7. The smallest absolute Gasteiger partial charge is 0.279 e. The van der Waals surface area contributed by atoms with Crippen LogP contribution in [0.5, 0.6) is 0 Å². The highest BCUT2D eigenvalue weighted by molar-refractivity contribution is 5.91. The first-order valence-corrected chi connectivity index (χ1v) is 8.06. The van der Waals surface area contributed by atoms with Gasteiger partial charge in [-0.25, -0.2) is 4.39 Å². The molecule has 2 N–H and O–H groups in total. The van der Waals surface area contributed by atoms with Gasteiger partial charge in [-0.3, -0.25) is 4.79 Å². The zero-order valence-corrected chi connectivity index (χ0v) is 13.6. The van der Waals surface area contributed by atoms with Crippen LogP contribution in [0, 0.1) is 12.7 Å². The molecule has 3 rings (SSSR count). The van der Waals surface area contributed by atoms with Crippen LogP contribution >= 0.6 is 0 Å². The number of carbonyl (C=O) groups is 1. The number of amides is 1. The lowest BCUT2D eigenvalue weighted by atomic mass is 10.1. The van der Waals surface area contributed by atoms with Crippen LogP contribution in [-0.4, -0.2) is 23.6 Å². The molecule has 5 heteroatoms. The Bertz CT molecular complexity index is 710. The molecule has 0 bridgehead atoms. The summed E-state index contributed by atoms with van der Waals surface area (Å²) in [7, 11) is 2.04. The van der Waals surface area contributed by atoms with Crippen LogP contribution in [0.2, 0.25) is 0 Å². The third-order valence-corrected chi connectivity index (χ3v) is 4.67. The molecule has 122 valence electrons. The molecule has 1 fully saturated rings. The number of hydrogen-bond donors (Lipinski definition) is 2. The number of quaternary nitrogens is 1. The summed E-state index contributed by atoms with van der Waals surface area (Å²) in [6.07, 6.45) is 4.26. The maximum absolute atomic E-state index is 13.6. The van der Waals surface area contributed by atoms with E-state index in [4.69, 9.17) is 0 Å². The highest BCUT2D eigenvalue weighted by Crippen LogP contribution is 2.19. The Morgan fingerprint density at radius 1 is 1.43 bits per heavy atom. The summed E-state index contributed by atoms with van der Waals surface area (Å²) in [6, 6.07) is 9.32. The van der Waals surface area contributed by atoms with E-state index in [9.17, 15) is 9.18 Å². The highest BCUT2D eigenvalue weighted by atomic mass is 19.1. The van der Waals surface area contributed by atoms with Crippen molar-refractivity contribution < 1.29 is 14.1 Å². The maximum Gasteiger partial charge on any atom is 0.279 e. The second-order valence-corrected chi connectivity index (χ2v) is 6.34. The Morgan fingerprint density at radius 2 is 2.26 bits per heavy atom. The summed E-state index contributed by atoms with van der Waals surface area (Å²) in [4.78, 5) is 13.6. The SMILES string of the molecule is Cc1ccc(NC(=O)C[NH+]2CCC[C@@H]2c2cccn2C)cc1F. The lowest BCUT2D eigenvalue weighted by Gasteiger charge is -2.21. The van der Waals surface area contributed by atoms with Crippen LogP contribution in [0.4, 0.5) is 10.1 Å². The molecule has 1 unspecified atom stereocenters. The normalized spacial score (nSPS) is 20.7. The molecule has 23 heavy (non-hydrogen) atoms. The predicted octanol–water partition coefficient (Wildman–Crippen LogP) is 1.83. The Balaban J connectivity index is 1.65. The maximum atomic E-state index is 13.6. The zero-order valence-electron chi connectivity index (χ0n) is 13.6. The van der Waals surface area contributed by atoms with Crippen molar-refractivity contribution in [3.8, 4) is 0 Å². The van der Waals surface area contributed by atoms with E-state index < -0.39 is 0 Å². The zero-order chi connectivity index (χ0) is 16.4. The van der Waals surface area contributed by atoms with Crippen LogP contribution in [0.15, 0.2) is 36.5 Å². The second kappa shape index (κ2) is 6.54. The van der Waals surface area contributed by atoms with Gasteiger partial charge in [0.2, 0.25) is 0 Å². The number of carbonyl (C=O) groups excluding carboxylic acids is 1. The molecule has 1 amide bonds. The van der Waals surface area contributed by atoms with E-state index in [1.54, 1.807) is 19.1 Å². The van der Waals surface area contributed by atoms with Crippen LogP contribution < -0.4 is 10.2 Å². The summed E-state index contributed by atoms with van der Waals surface area (Å²) in [5, 5.41) is 2.81. The number of likely N-dealkylation sites (tertiary alicyclic amines) is 1. The Labute approximate surface area is 135 Å². The molecular weight excluding hydrogens is 293 g/mol. The molecule has 2 heterocycles. The van der Waals surface area contributed by atoms with Gasteiger partial charge in [-0.05, 0) is 36.8 Å². The molecule has 1 aromatic carbocycles. The molecule has 0 radical (unpaired) electrons. The summed E-state index contributed by atoms with van der Waals surface area (Å²) in [6.45, 7) is 3.11. The molecular formula is C18H23FN3O+. The molecule has 1 aliphatic heterocycles. The highest BCUT2D eigenvalue weighted by Gasteiger charge is 2.32. The van der Waals surface area contributed by atoms with Gasteiger partial charge in [-0.15, -0.1) is 0 Å². The fourth-order valence-corrected chi connectivity index (χ4v) is 3.40. The molecule has 1 aliphatic rings. The lowest BCUT2D eigenvalue weighted by molar-refractivity contribution is -0.910. The van der Waals surface area contributed by atoms with E-state index in [0.717, 1.165) is 19.4 Å². The quantitative estimate of drug-likeness (QED) is 0.887. The molecule has 4 nitrogen and oxygen atoms in total. The number of benzene rings is 1. The lowest BCUT2D eigenvalue weighted by Crippen LogP contribution is -3.11. The van der Waals surface area contributed by atoms with E-state index in [1.165, 1.54) is 16.7 Å². The van der Waals surface area contributed by atoms with Gasteiger partial charge in [0.1, 0.15) is 11.9 Å². The van der Waals surface area contributed by atoms with Gasteiger partial charge in [0.15, 0.2) is 6.54 Å². The van der Waals surface area contributed by atoms with E-state index in [2.05, 4.69) is 16.0 Å². The number of nitrogens with one attached hydrogen (secondary N) is 2. The summed E-state index contributed by atoms with van der Waals surface area (Å²) in [5.41, 5.74) is 2.37. The Hall–Kier alpha value is -2.14. The molecule has 2 atom stereocenters. The van der Waals surface area contributed by atoms with Crippen molar-refractivity contribution in [2.75, 3.05) is 18.4 Å². The Kier molecular flexibility index (Phi) is 4.48. The number of anilines is 1. The van der Waals surface area contributed by atoms with Crippen LogP contribution in [0.1, 0.15) is 30.1 Å². The van der Waals surface area contributed by atoms with E-state index >= 15 is 0 Å². The topological polar surface area (TPSA) is 38.5 Å². The van der Waals surface area contributed by atoms with Gasteiger partial charge < -0.3 is 14.8 Å². The number of halogens is 1. The minimum atomic E-state index is -0.294. The van der Waals surface area contributed by atoms with Crippen molar-refractivity contribution in [3.63, 3.8) is 0 Å². The van der Waals surface area contributed by atoms with E-state index in [-0.39, 0.29) is 11.7 Å². The summed E-state index contributed by atoms with van der Waals surface area (Å²) >= 11 is 0. The molecule has 2 aromatic rings. The Morgan fingerprint density at radius 3 is 2.96 bits per heavy atom. The number of aryl methyl sites for hydroxylation is 2. The van der Waals surface area contributed by atoms with Gasteiger partial charge in [0.05, 0.1) is 12.2 Å². The second-order valence-electron chi connectivity index (χ2n) is 6.34. The number of aromatic nitrogens is 1. The monoisotopic (exact) mass is 316 g/mol. The number of hydrogen-bond acceptors (Lipinski definition) is 1. The third-order valence-electron chi connectivity index (χ3n) is 4.67. The average molecular weight is 316 g/mol. The van der Waals surface area contributed by atoms with Gasteiger partial charge in [0, 0.05) is 31.8 Å². The van der Waals surface area contributed by atoms with Crippen molar-refractivity contribution in [1.29, 1.82) is 0 Å². The fourth-order valence-electron chi connectivity index (χ4n) is 3.40. The van der Waals surface area contributed by atoms with E-state index in [1.807, 2.05) is 19.3 Å². The van der Waals surface area contributed by atoms with Crippen molar-refractivity contribution in [3.05, 3.63) is 53.6 Å². The van der Waals surface area contributed by atoms with Crippen LogP contribution in [0.3, 0.4) is 0 Å². The first kappa shape index (κ1) is 15.7. The average Bonchev–Trinajstić information content (AvgIpc) is 3.11. The third kappa shape index (κ3) is 3.45. The molecule has 1 saturated heterocycles. The van der Waals surface area contributed by atoms with Gasteiger partial charge >= 0.3 is 0 Å². The molecule has 0 saturated carbocycles. The minimum absolute atomic E-state index is 0.0654. The first-order chi connectivity index (χ1) is 11.0. The largest absolute Gasteiger partial charge is 0.350 e. The van der Waals surface area contributed by atoms with Crippen molar-refractivity contribution in [2.24, 2.45) is 7.05 Å². The molecule has 1 aromatic heterocycles. The number of nitrogens with zero attached hydrogens (tertiary/aromatic N) is 1. The van der Waals surface area contributed by atoms with Crippen molar-refractivity contribution >= 4 is 11.6 Å². The van der Waals surface area contributed by atoms with Gasteiger partial charge in [0.25, 0.3) is 5.91 Å². The molecule has 0 spiro atoms. The van der Waals surface area contributed by atoms with E-state index in [0.29, 0.717) is 23.8 Å².